The molecule has 0 aromatic heterocycles. The number of carbonyl (C=O) groups excluding carboxylic acids is 1. The minimum Gasteiger partial charge on any atom is -0.494 e. The molecule has 3 aromatic rings. The second-order valence-electron chi connectivity index (χ2n) is 9.38. The van der Waals surface area contributed by atoms with Crippen molar-refractivity contribution in [2.45, 2.75) is 31.0 Å². The SMILES string of the molecule is CN(C)C(=O)[C@]1(Cc2ccc(Br)cc2)N=C(c2ccc(OCCCO)cc2)O[C@@H]1c1ccccc1CN=[N+]=[N-]. The summed E-state index contributed by atoms with van der Waals surface area (Å²) in [4.78, 5) is 23.5. The maximum atomic E-state index is 14.0. The van der Waals surface area contributed by atoms with Crippen molar-refractivity contribution in [2.75, 3.05) is 27.3 Å². The Morgan fingerprint density at radius 1 is 1.15 bits per heavy atom. The lowest BCUT2D eigenvalue weighted by Crippen LogP contribution is -2.49. The van der Waals surface area contributed by atoms with E-state index in [4.69, 9.17) is 25.1 Å². The molecule has 1 aliphatic heterocycles. The molecule has 1 aliphatic rings. The van der Waals surface area contributed by atoms with Crippen LogP contribution in [-0.2, 0) is 22.5 Å². The molecule has 3 aromatic carbocycles. The lowest BCUT2D eigenvalue weighted by Gasteiger charge is -2.33. The van der Waals surface area contributed by atoms with Gasteiger partial charge in [-0.05, 0) is 58.6 Å². The molecule has 0 saturated heterocycles. The summed E-state index contributed by atoms with van der Waals surface area (Å²) >= 11 is 3.48. The molecule has 9 nitrogen and oxygen atoms in total. The zero-order chi connectivity index (χ0) is 27.8. The van der Waals surface area contributed by atoms with E-state index in [1.54, 1.807) is 14.1 Å². The third-order valence-corrected chi connectivity index (χ3v) is 6.97. The minimum atomic E-state index is -1.31. The van der Waals surface area contributed by atoms with Crippen molar-refractivity contribution in [3.63, 3.8) is 0 Å². The zero-order valence-electron chi connectivity index (χ0n) is 21.8. The minimum absolute atomic E-state index is 0.0611. The highest BCUT2D eigenvalue weighted by atomic mass is 79.9. The van der Waals surface area contributed by atoms with E-state index in [0.717, 1.165) is 21.2 Å². The fourth-order valence-electron chi connectivity index (χ4n) is 4.59. The highest BCUT2D eigenvalue weighted by Gasteiger charge is 2.54. The number of azide groups is 1. The van der Waals surface area contributed by atoms with Crippen LogP contribution in [0.2, 0.25) is 0 Å². The van der Waals surface area contributed by atoms with E-state index in [1.165, 1.54) is 4.90 Å². The van der Waals surface area contributed by atoms with E-state index in [-0.39, 0.29) is 19.1 Å². The first-order valence-electron chi connectivity index (χ1n) is 12.5. The molecule has 0 bridgehead atoms. The third-order valence-electron chi connectivity index (χ3n) is 6.44. The number of hydrogen-bond donors (Lipinski definition) is 1. The number of ether oxygens (including phenoxy) is 2. The van der Waals surface area contributed by atoms with Crippen LogP contribution in [0, 0.1) is 0 Å². The Bertz CT molecular complexity index is 1370. The predicted molar refractivity (Wildman–Crippen MR) is 153 cm³/mol. The normalized spacial score (nSPS) is 18.1. The van der Waals surface area contributed by atoms with Gasteiger partial charge >= 0.3 is 0 Å². The number of carbonyl (C=O) groups is 1. The van der Waals surface area contributed by atoms with E-state index < -0.39 is 11.6 Å². The first-order valence-corrected chi connectivity index (χ1v) is 13.3. The summed E-state index contributed by atoms with van der Waals surface area (Å²) in [5.74, 6) is 0.799. The van der Waals surface area contributed by atoms with Crippen LogP contribution < -0.4 is 4.74 Å². The van der Waals surface area contributed by atoms with Crippen LogP contribution in [0.15, 0.2) is 87.4 Å². The number of aliphatic hydroxyl groups is 1. The van der Waals surface area contributed by atoms with Crippen LogP contribution in [0.4, 0.5) is 0 Å². The fraction of sp³-hybridized carbons (Fsp3) is 0.310. The molecule has 1 heterocycles. The number of amides is 1. The highest BCUT2D eigenvalue weighted by Crippen LogP contribution is 2.44. The topological polar surface area (TPSA) is 120 Å². The van der Waals surface area contributed by atoms with Crippen molar-refractivity contribution < 1.29 is 19.4 Å². The van der Waals surface area contributed by atoms with Gasteiger partial charge in [0.1, 0.15) is 5.75 Å². The van der Waals surface area contributed by atoms with Gasteiger partial charge in [-0.2, -0.15) is 0 Å². The van der Waals surface area contributed by atoms with Crippen molar-refractivity contribution in [1.29, 1.82) is 0 Å². The molecule has 10 heteroatoms. The molecule has 0 saturated carbocycles. The van der Waals surface area contributed by atoms with Gasteiger partial charge in [-0.15, -0.1) is 0 Å². The Morgan fingerprint density at radius 2 is 1.87 bits per heavy atom. The molecule has 0 spiro atoms. The van der Waals surface area contributed by atoms with Gasteiger partial charge in [-0.25, -0.2) is 4.99 Å². The summed E-state index contributed by atoms with van der Waals surface area (Å²) in [6.07, 6.45) is 0.0697. The van der Waals surface area contributed by atoms with Crippen LogP contribution in [0.3, 0.4) is 0 Å². The molecular weight excluding hydrogens is 562 g/mol. The molecule has 2 atom stereocenters. The third kappa shape index (κ3) is 6.42. The predicted octanol–water partition coefficient (Wildman–Crippen LogP) is 5.61. The van der Waals surface area contributed by atoms with Gasteiger partial charge < -0.3 is 19.5 Å². The van der Waals surface area contributed by atoms with Gasteiger partial charge in [0.25, 0.3) is 5.91 Å². The van der Waals surface area contributed by atoms with Crippen molar-refractivity contribution in [1.82, 2.24) is 4.90 Å². The van der Waals surface area contributed by atoms with E-state index in [9.17, 15) is 4.79 Å². The average Bonchev–Trinajstić information content (AvgIpc) is 3.33. The van der Waals surface area contributed by atoms with Crippen molar-refractivity contribution in [3.05, 3.63) is 110 Å². The molecule has 0 unspecified atom stereocenters. The van der Waals surface area contributed by atoms with Crippen LogP contribution in [0.1, 0.15) is 34.8 Å². The number of nitrogens with zero attached hydrogens (tertiary/aromatic N) is 5. The molecule has 1 N–H and O–H groups in total. The van der Waals surface area contributed by atoms with Gasteiger partial charge in [-0.1, -0.05) is 57.4 Å². The lowest BCUT2D eigenvalue weighted by atomic mass is 9.80. The van der Waals surface area contributed by atoms with Crippen LogP contribution >= 0.6 is 15.9 Å². The summed E-state index contributed by atoms with van der Waals surface area (Å²) in [7, 11) is 3.42. The van der Waals surface area contributed by atoms with Gasteiger partial charge in [0, 0.05) is 48.5 Å². The van der Waals surface area contributed by atoms with Crippen molar-refractivity contribution in [3.8, 4) is 5.75 Å². The fourth-order valence-corrected chi connectivity index (χ4v) is 4.85. The van der Waals surface area contributed by atoms with Crippen molar-refractivity contribution in [2.24, 2.45) is 10.1 Å². The summed E-state index contributed by atoms with van der Waals surface area (Å²) in [5, 5.41) is 12.8. The standard InChI is InChI=1S/C29H30BrN5O4/c1-35(2)28(37)29(18-20-8-12-23(30)13-9-20)26(25-7-4-3-6-22(25)19-32-34-31)39-27(33-29)21-10-14-24(15-11-21)38-17-5-16-36/h3-4,6-15,26,36H,5,16-19H2,1-2H3/t26-,29-/m1/s1. The molecule has 0 radical (unpaired) electrons. The number of halogens is 1. The monoisotopic (exact) mass is 591 g/mol. The average molecular weight is 592 g/mol. The quantitative estimate of drug-likeness (QED) is 0.135. The Kier molecular flexibility index (Phi) is 9.24. The number of benzene rings is 3. The molecule has 0 fully saturated rings. The summed E-state index contributed by atoms with van der Waals surface area (Å²) < 4.78 is 13.2. The van der Waals surface area contributed by atoms with Gasteiger partial charge in [0.15, 0.2) is 11.6 Å². The van der Waals surface area contributed by atoms with E-state index in [1.807, 2.05) is 72.8 Å². The maximum absolute atomic E-state index is 14.0. The van der Waals surface area contributed by atoms with E-state index in [0.29, 0.717) is 36.7 Å². The van der Waals surface area contributed by atoms with Crippen LogP contribution in [-0.4, -0.2) is 54.7 Å². The van der Waals surface area contributed by atoms with Crippen LogP contribution in [0.5, 0.6) is 5.75 Å². The van der Waals surface area contributed by atoms with Gasteiger partial charge in [-0.3, -0.25) is 4.79 Å². The molecule has 39 heavy (non-hydrogen) atoms. The summed E-state index contributed by atoms with van der Waals surface area (Å²) in [6.45, 7) is 0.586. The second kappa shape index (κ2) is 12.8. The number of aliphatic imine (C=N–C) groups is 1. The summed E-state index contributed by atoms with van der Waals surface area (Å²) in [6, 6.07) is 22.6. The molecular formula is C29H30BrN5O4. The number of rotatable bonds is 11. The zero-order valence-corrected chi connectivity index (χ0v) is 23.4. The second-order valence-corrected chi connectivity index (χ2v) is 10.3. The number of likely N-dealkylation sites (N-methyl/N-ethyl adjacent to an activating group) is 1. The Hall–Kier alpha value is -3.85. The Balaban J connectivity index is 1.82. The molecule has 4 rings (SSSR count). The van der Waals surface area contributed by atoms with E-state index in [2.05, 4.69) is 26.0 Å². The highest BCUT2D eigenvalue weighted by molar-refractivity contribution is 9.10. The number of hydrogen-bond acceptors (Lipinski definition) is 6. The van der Waals surface area contributed by atoms with Gasteiger partial charge in [0.05, 0.1) is 13.2 Å². The van der Waals surface area contributed by atoms with Crippen LogP contribution in [0.25, 0.3) is 10.4 Å². The largest absolute Gasteiger partial charge is 0.494 e. The lowest BCUT2D eigenvalue weighted by molar-refractivity contribution is -0.137. The first kappa shape index (κ1) is 28.2. The molecule has 0 aliphatic carbocycles. The Morgan fingerprint density at radius 3 is 2.54 bits per heavy atom. The van der Waals surface area contributed by atoms with E-state index >= 15 is 0 Å². The van der Waals surface area contributed by atoms with Gasteiger partial charge in [0.2, 0.25) is 5.90 Å². The van der Waals surface area contributed by atoms with Crippen molar-refractivity contribution >= 4 is 27.7 Å². The Labute approximate surface area is 235 Å². The summed E-state index contributed by atoms with van der Waals surface area (Å²) in [5.41, 5.74) is 10.8. The first-order chi connectivity index (χ1) is 18.9. The maximum Gasteiger partial charge on any atom is 0.254 e. The smallest absolute Gasteiger partial charge is 0.254 e. The molecule has 1 amide bonds. The number of aliphatic hydroxyl groups excluding tert-OH is 1. The molecule has 202 valence electrons.